The van der Waals surface area contributed by atoms with E-state index in [1.165, 1.54) is 64.2 Å². The van der Waals surface area contributed by atoms with Gasteiger partial charge in [-0.2, -0.15) is 0 Å². The number of carbonyl (C=O) groups excluding carboxylic acids is 2. The largest absolute Gasteiger partial charge is 0.464 e. The molecule has 0 radical (unpaired) electrons. The second-order valence-corrected chi connectivity index (χ2v) is 9.29. The average molecular weight is 468 g/mol. The highest BCUT2D eigenvalue weighted by Crippen LogP contribution is 2.14. The minimum atomic E-state index is -0.733. The van der Waals surface area contributed by atoms with Crippen LogP contribution in [0.15, 0.2) is 12.7 Å². The maximum atomic E-state index is 12.4. The van der Waals surface area contributed by atoms with Crippen LogP contribution in [0.1, 0.15) is 130 Å². The van der Waals surface area contributed by atoms with Crippen molar-refractivity contribution in [3.8, 4) is 0 Å². The molecule has 1 amide bonds. The first kappa shape index (κ1) is 31.5. The molecule has 2 atom stereocenters. The molecule has 0 aliphatic heterocycles. The van der Waals surface area contributed by atoms with Crippen molar-refractivity contribution >= 4 is 12.1 Å². The third-order valence-corrected chi connectivity index (χ3v) is 6.21. The van der Waals surface area contributed by atoms with Crippen molar-refractivity contribution < 1.29 is 19.1 Å². The van der Waals surface area contributed by atoms with Gasteiger partial charge in [0.15, 0.2) is 0 Å². The number of unbranched alkanes of at least 4 members (excludes halogenated alkanes) is 12. The molecule has 0 spiro atoms. The Kier molecular flexibility index (Phi) is 22.5. The summed E-state index contributed by atoms with van der Waals surface area (Å²) in [5, 5.41) is 2.64. The number of carbonyl (C=O) groups is 2. The molecule has 0 fully saturated rings. The van der Waals surface area contributed by atoms with E-state index in [2.05, 4.69) is 32.7 Å². The number of rotatable bonds is 23. The SMILES string of the molecule is C=CCC(NC(=O)OCC(CC)CCCC)C(=O)OCCCCCCCCCCCCCC. The van der Waals surface area contributed by atoms with Gasteiger partial charge in [0.25, 0.3) is 0 Å². The van der Waals surface area contributed by atoms with E-state index in [4.69, 9.17) is 9.47 Å². The lowest BCUT2D eigenvalue weighted by molar-refractivity contribution is -0.146. The van der Waals surface area contributed by atoms with Crippen LogP contribution in [-0.4, -0.2) is 31.3 Å². The summed E-state index contributed by atoms with van der Waals surface area (Å²) >= 11 is 0. The number of esters is 1. The third-order valence-electron chi connectivity index (χ3n) is 6.21. The average Bonchev–Trinajstić information content (AvgIpc) is 2.81. The maximum absolute atomic E-state index is 12.4. The lowest BCUT2D eigenvalue weighted by Gasteiger charge is -2.18. The van der Waals surface area contributed by atoms with Crippen molar-refractivity contribution in [1.29, 1.82) is 0 Å². The van der Waals surface area contributed by atoms with Crippen LogP contribution in [0.4, 0.5) is 4.79 Å². The number of amides is 1. The molecule has 0 saturated heterocycles. The van der Waals surface area contributed by atoms with Crippen LogP contribution in [0.2, 0.25) is 0 Å². The van der Waals surface area contributed by atoms with Crippen molar-refractivity contribution in [1.82, 2.24) is 5.32 Å². The Morgan fingerprint density at radius 2 is 1.33 bits per heavy atom. The van der Waals surface area contributed by atoms with Crippen LogP contribution in [0.25, 0.3) is 0 Å². The Morgan fingerprint density at radius 1 is 0.788 bits per heavy atom. The number of ether oxygens (including phenoxy) is 2. The fourth-order valence-electron chi connectivity index (χ4n) is 3.87. The minimum absolute atomic E-state index is 0.333. The van der Waals surface area contributed by atoms with Gasteiger partial charge in [-0.1, -0.05) is 117 Å². The molecule has 0 aliphatic carbocycles. The quantitative estimate of drug-likeness (QED) is 0.0936. The van der Waals surface area contributed by atoms with Crippen molar-refractivity contribution in [2.45, 2.75) is 136 Å². The smallest absolute Gasteiger partial charge is 0.407 e. The van der Waals surface area contributed by atoms with Crippen molar-refractivity contribution in [3.05, 3.63) is 12.7 Å². The zero-order valence-electron chi connectivity index (χ0n) is 22.0. The molecule has 5 nitrogen and oxygen atoms in total. The van der Waals surface area contributed by atoms with E-state index < -0.39 is 18.1 Å². The summed E-state index contributed by atoms with van der Waals surface area (Å²) in [5.41, 5.74) is 0. The molecule has 0 aromatic rings. The summed E-state index contributed by atoms with van der Waals surface area (Å²) in [7, 11) is 0. The Balaban J connectivity index is 3.89. The summed E-state index contributed by atoms with van der Waals surface area (Å²) < 4.78 is 10.7. The van der Waals surface area contributed by atoms with Gasteiger partial charge in [0.1, 0.15) is 6.04 Å². The minimum Gasteiger partial charge on any atom is -0.464 e. The van der Waals surface area contributed by atoms with Crippen LogP contribution in [-0.2, 0) is 14.3 Å². The van der Waals surface area contributed by atoms with Crippen LogP contribution in [0.3, 0.4) is 0 Å². The van der Waals surface area contributed by atoms with Gasteiger partial charge in [-0.25, -0.2) is 9.59 Å². The third kappa shape index (κ3) is 19.6. The zero-order chi connectivity index (χ0) is 24.6. The Bertz CT molecular complexity index is 481. The summed E-state index contributed by atoms with van der Waals surface area (Å²) in [6, 6.07) is -0.733. The molecule has 0 rings (SSSR count). The van der Waals surface area contributed by atoms with E-state index in [9.17, 15) is 9.59 Å². The van der Waals surface area contributed by atoms with Gasteiger partial charge in [-0.05, 0) is 25.2 Å². The van der Waals surface area contributed by atoms with E-state index in [0.29, 0.717) is 25.6 Å². The molecule has 0 aromatic carbocycles. The van der Waals surface area contributed by atoms with E-state index in [-0.39, 0.29) is 0 Å². The van der Waals surface area contributed by atoms with E-state index in [0.717, 1.165) is 38.5 Å². The zero-order valence-corrected chi connectivity index (χ0v) is 22.0. The lowest BCUT2D eigenvalue weighted by atomic mass is 10.0. The first-order valence-corrected chi connectivity index (χ1v) is 13.8. The molecular weight excluding hydrogens is 414 g/mol. The fourth-order valence-corrected chi connectivity index (χ4v) is 3.87. The topological polar surface area (TPSA) is 64.6 Å². The van der Waals surface area contributed by atoms with Crippen LogP contribution in [0, 0.1) is 5.92 Å². The molecule has 0 aromatic heterocycles. The molecule has 33 heavy (non-hydrogen) atoms. The standard InChI is InChI=1S/C28H53NO4/c1-5-9-11-12-13-14-15-16-17-18-19-20-23-32-27(30)26(21-7-3)29-28(31)33-24-25(8-4)22-10-6-2/h7,25-26H,3,5-6,8-24H2,1-2,4H3,(H,29,31). The predicted molar refractivity (Wildman–Crippen MR) is 138 cm³/mol. The van der Waals surface area contributed by atoms with Gasteiger partial charge in [-0.15, -0.1) is 6.58 Å². The summed E-state index contributed by atoms with van der Waals surface area (Å²) in [4.78, 5) is 24.5. The highest BCUT2D eigenvalue weighted by molar-refractivity contribution is 5.81. The maximum Gasteiger partial charge on any atom is 0.407 e. The van der Waals surface area contributed by atoms with Crippen LogP contribution < -0.4 is 5.32 Å². The molecule has 5 heteroatoms. The van der Waals surface area contributed by atoms with Gasteiger partial charge < -0.3 is 14.8 Å². The summed E-state index contributed by atoms with van der Waals surface area (Å²) in [5.74, 6) is -0.0424. The first-order valence-electron chi connectivity index (χ1n) is 13.8. The monoisotopic (exact) mass is 467 g/mol. The Labute approximate surface area is 204 Å². The summed E-state index contributed by atoms with van der Waals surface area (Å²) in [6.07, 6.45) is 20.9. The van der Waals surface area contributed by atoms with E-state index >= 15 is 0 Å². The fraction of sp³-hybridized carbons (Fsp3) is 0.857. The number of nitrogens with one attached hydrogen (secondary N) is 1. The second kappa shape index (κ2) is 23.6. The number of alkyl carbamates (subject to hydrolysis) is 1. The molecule has 2 unspecified atom stereocenters. The van der Waals surface area contributed by atoms with Gasteiger partial charge in [-0.3, -0.25) is 0 Å². The van der Waals surface area contributed by atoms with Gasteiger partial charge in [0, 0.05) is 0 Å². The van der Waals surface area contributed by atoms with Crippen LogP contribution >= 0.6 is 0 Å². The molecular formula is C28H53NO4. The van der Waals surface area contributed by atoms with Crippen molar-refractivity contribution in [2.75, 3.05) is 13.2 Å². The van der Waals surface area contributed by atoms with Gasteiger partial charge in [0.2, 0.25) is 0 Å². The number of hydrogen-bond donors (Lipinski definition) is 1. The van der Waals surface area contributed by atoms with Gasteiger partial charge >= 0.3 is 12.1 Å². The summed E-state index contributed by atoms with van der Waals surface area (Å²) in [6.45, 7) is 11.0. The second-order valence-electron chi connectivity index (χ2n) is 9.29. The van der Waals surface area contributed by atoms with Crippen molar-refractivity contribution in [2.24, 2.45) is 5.92 Å². The molecule has 0 saturated carbocycles. The highest BCUT2D eigenvalue weighted by atomic mass is 16.6. The number of hydrogen-bond acceptors (Lipinski definition) is 4. The Hall–Kier alpha value is -1.52. The molecule has 0 heterocycles. The van der Waals surface area contributed by atoms with E-state index in [1.54, 1.807) is 6.08 Å². The molecule has 0 bridgehead atoms. The normalized spacial score (nSPS) is 12.7. The molecule has 1 N–H and O–H groups in total. The van der Waals surface area contributed by atoms with Crippen LogP contribution in [0.5, 0.6) is 0 Å². The van der Waals surface area contributed by atoms with Crippen molar-refractivity contribution in [3.63, 3.8) is 0 Å². The molecule has 194 valence electrons. The van der Waals surface area contributed by atoms with Gasteiger partial charge in [0.05, 0.1) is 13.2 Å². The first-order chi connectivity index (χ1) is 16.1. The highest BCUT2D eigenvalue weighted by Gasteiger charge is 2.22. The van der Waals surface area contributed by atoms with E-state index in [1.807, 2.05) is 0 Å². The molecule has 0 aliphatic rings. The lowest BCUT2D eigenvalue weighted by Crippen LogP contribution is -2.42. The predicted octanol–water partition coefficient (Wildman–Crippen LogP) is 8.12. The Morgan fingerprint density at radius 3 is 1.85 bits per heavy atom.